The molecule has 6 heteroatoms. The summed E-state index contributed by atoms with van der Waals surface area (Å²) >= 11 is 5.50. The molecule has 0 aromatic carbocycles. The number of hydrogen-bond donors (Lipinski definition) is 2. The maximum absolute atomic E-state index is 5.50. The van der Waals surface area contributed by atoms with Crippen molar-refractivity contribution >= 4 is 34.5 Å². The first-order chi connectivity index (χ1) is 5.18. The lowest BCUT2D eigenvalue weighted by molar-refractivity contribution is 0.514. The molecule has 12 heavy (non-hydrogen) atoms. The summed E-state index contributed by atoms with van der Waals surface area (Å²) in [7, 11) is 0. The summed E-state index contributed by atoms with van der Waals surface area (Å²) in [5.74, 6) is 0.681. The van der Waals surface area contributed by atoms with Crippen molar-refractivity contribution in [2.45, 2.75) is 6.54 Å². The zero-order chi connectivity index (χ0) is 8.27. The lowest BCUT2D eigenvalue weighted by Crippen LogP contribution is -2.22. The Labute approximate surface area is 85.3 Å². The van der Waals surface area contributed by atoms with Gasteiger partial charge in [-0.2, -0.15) is 0 Å². The normalized spacial score (nSPS) is 8.75. The molecule has 0 unspecified atom stereocenters. The summed E-state index contributed by atoms with van der Waals surface area (Å²) in [6.07, 6.45) is 0. The number of hydrogen-bond acceptors (Lipinski definition) is 2. The highest BCUT2D eigenvalue weighted by molar-refractivity contribution is 8.93. The van der Waals surface area contributed by atoms with E-state index in [1.807, 2.05) is 0 Å². The van der Waals surface area contributed by atoms with E-state index in [4.69, 9.17) is 27.5 Å². The fourth-order valence-electron chi connectivity index (χ4n) is 0.606. The van der Waals surface area contributed by atoms with Crippen molar-refractivity contribution < 1.29 is 4.42 Å². The van der Waals surface area contributed by atoms with Crippen molar-refractivity contribution in [2.75, 3.05) is 0 Å². The molecule has 0 radical (unpaired) electrons. The predicted molar refractivity (Wildman–Crippen MR) is 53.6 cm³/mol. The van der Waals surface area contributed by atoms with Gasteiger partial charge in [-0.05, 0) is 23.7 Å². The Morgan fingerprint density at radius 2 is 2.17 bits per heavy atom. The number of furan rings is 1. The summed E-state index contributed by atoms with van der Waals surface area (Å²) in [6.45, 7) is 0.328. The van der Waals surface area contributed by atoms with E-state index in [9.17, 15) is 0 Å². The third-order valence-corrected chi connectivity index (χ3v) is 1.25. The molecule has 1 aromatic heterocycles. The Hall–Kier alpha value is -0.680. The van der Waals surface area contributed by atoms with Crippen LogP contribution in [0.15, 0.2) is 21.5 Å². The Morgan fingerprint density at radius 3 is 2.58 bits per heavy atom. The third-order valence-electron chi connectivity index (χ3n) is 1.05. The minimum atomic E-state index is 0. The lowest BCUT2D eigenvalue weighted by Gasteiger charge is -1.89. The van der Waals surface area contributed by atoms with Gasteiger partial charge in [-0.1, -0.05) is 0 Å². The van der Waals surface area contributed by atoms with Crippen molar-refractivity contribution in [1.29, 1.82) is 0 Å². The second-order valence-electron chi connectivity index (χ2n) is 1.95. The molecule has 1 heterocycles. The molecule has 0 aliphatic heterocycles. The number of halogens is 2. The van der Waals surface area contributed by atoms with Crippen LogP contribution in [-0.2, 0) is 6.54 Å². The molecule has 1 rings (SSSR count). The van der Waals surface area contributed by atoms with Crippen LogP contribution < -0.4 is 11.5 Å². The largest absolute Gasteiger partial charge is 0.448 e. The molecule has 0 atom stereocenters. The van der Waals surface area contributed by atoms with E-state index in [1.54, 1.807) is 12.1 Å². The van der Waals surface area contributed by atoms with Crippen molar-refractivity contribution in [3.63, 3.8) is 0 Å². The van der Waals surface area contributed by atoms with Crippen LogP contribution in [0.3, 0.4) is 0 Å². The first-order valence-corrected chi connectivity index (χ1v) is 3.36. The van der Waals surface area contributed by atoms with E-state index in [-0.39, 0.29) is 22.9 Å². The number of guanidine groups is 1. The average Bonchev–Trinajstić information content (AvgIpc) is 2.31. The SMILES string of the molecule is Br.NC(N)=NCc1ccc(Cl)o1. The van der Waals surface area contributed by atoms with Crippen molar-refractivity contribution in [3.8, 4) is 0 Å². The molecule has 4 nitrogen and oxygen atoms in total. The van der Waals surface area contributed by atoms with Gasteiger partial charge >= 0.3 is 0 Å². The molecule has 0 saturated heterocycles. The topological polar surface area (TPSA) is 77.5 Å². The molecule has 0 saturated carbocycles. The quantitative estimate of drug-likeness (QED) is 0.616. The van der Waals surface area contributed by atoms with E-state index in [0.29, 0.717) is 17.5 Å². The van der Waals surface area contributed by atoms with Crippen LogP contribution in [0, 0.1) is 0 Å². The molecule has 0 bridgehead atoms. The fourth-order valence-corrected chi connectivity index (χ4v) is 0.768. The number of nitrogens with zero attached hydrogens (tertiary/aromatic N) is 1. The smallest absolute Gasteiger partial charge is 0.193 e. The standard InChI is InChI=1S/C6H8ClN3O.BrH/c7-5-2-1-4(11-5)3-10-6(8)9;/h1-2H,3H2,(H4,8,9,10);1H. The van der Waals surface area contributed by atoms with Gasteiger partial charge in [0.05, 0.1) is 0 Å². The van der Waals surface area contributed by atoms with Gasteiger partial charge < -0.3 is 15.9 Å². The highest BCUT2D eigenvalue weighted by atomic mass is 79.9. The van der Waals surface area contributed by atoms with Crippen LogP contribution in [0.2, 0.25) is 5.22 Å². The number of aliphatic imine (C=N–C) groups is 1. The van der Waals surface area contributed by atoms with Gasteiger partial charge in [0.15, 0.2) is 11.2 Å². The van der Waals surface area contributed by atoms with E-state index < -0.39 is 0 Å². The molecule has 4 N–H and O–H groups in total. The van der Waals surface area contributed by atoms with Gasteiger partial charge in [0.2, 0.25) is 0 Å². The minimum Gasteiger partial charge on any atom is -0.448 e. The Bertz CT molecular complexity index is 270. The first kappa shape index (κ1) is 11.3. The van der Waals surface area contributed by atoms with Crippen molar-refractivity contribution in [3.05, 3.63) is 23.1 Å². The summed E-state index contributed by atoms with van der Waals surface area (Å²) in [5, 5.41) is 0.339. The fraction of sp³-hybridized carbons (Fsp3) is 0.167. The Balaban J connectivity index is 0.00000121. The van der Waals surface area contributed by atoms with Crippen LogP contribution in [0.1, 0.15) is 5.76 Å². The van der Waals surface area contributed by atoms with Crippen molar-refractivity contribution in [1.82, 2.24) is 0 Å². The molecule has 0 spiro atoms. The second kappa shape index (κ2) is 5.05. The molecule has 0 fully saturated rings. The monoisotopic (exact) mass is 253 g/mol. The van der Waals surface area contributed by atoms with Gasteiger partial charge in [0.25, 0.3) is 0 Å². The molecule has 0 amide bonds. The van der Waals surface area contributed by atoms with E-state index in [2.05, 4.69) is 4.99 Å². The number of nitrogens with two attached hydrogens (primary N) is 2. The van der Waals surface area contributed by atoms with Gasteiger partial charge in [0, 0.05) is 0 Å². The molecular formula is C6H9BrClN3O. The Morgan fingerprint density at radius 1 is 1.50 bits per heavy atom. The second-order valence-corrected chi connectivity index (χ2v) is 2.32. The van der Waals surface area contributed by atoms with Gasteiger partial charge in [-0.3, -0.25) is 0 Å². The van der Waals surface area contributed by atoms with Gasteiger partial charge in [-0.25, -0.2) is 4.99 Å². The average molecular weight is 255 g/mol. The molecule has 1 aromatic rings. The van der Waals surface area contributed by atoms with Crippen LogP contribution in [0.25, 0.3) is 0 Å². The maximum Gasteiger partial charge on any atom is 0.193 e. The summed E-state index contributed by atoms with van der Waals surface area (Å²) in [4.78, 5) is 3.73. The summed E-state index contributed by atoms with van der Waals surface area (Å²) in [5.41, 5.74) is 10.2. The van der Waals surface area contributed by atoms with Crippen LogP contribution in [0.4, 0.5) is 0 Å². The zero-order valence-electron chi connectivity index (χ0n) is 6.16. The third kappa shape index (κ3) is 3.64. The zero-order valence-corrected chi connectivity index (χ0v) is 8.63. The van der Waals surface area contributed by atoms with Crippen molar-refractivity contribution in [2.24, 2.45) is 16.5 Å². The van der Waals surface area contributed by atoms with E-state index >= 15 is 0 Å². The van der Waals surface area contributed by atoms with Crippen LogP contribution in [-0.4, -0.2) is 5.96 Å². The summed E-state index contributed by atoms with van der Waals surface area (Å²) < 4.78 is 4.98. The molecule has 0 aliphatic rings. The van der Waals surface area contributed by atoms with Gasteiger partial charge in [-0.15, -0.1) is 17.0 Å². The molecule has 0 aliphatic carbocycles. The van der Waals surface area contributed by atoms with E-state index in [1.165, 1.54) is 0 Å². The molecular weight excluding hydrogens is 245 g/mol. The highest BCUT2D eigenvalue weighted by Gasteiger charge is 1.96. The predicted octanol–water partition coefficient (Wildman–Crippen LogP) is 1.28. The van der Waals surface area contributed by atoms with E-state index in [0.717, 1.165) is 0 Å². The van der Waals surface area contributed by atoms with Gasteiger partial charge in [0.1, 0.15) is 12.3 Å². The molecule has 68 valence electrons. The number of rotatable bonds is 2. The Kier molecular flexibility index (Phi) is 4.77. The minimum absolute atomic E-state index is 0. The van der Waals surface area contributed by atoms with Crippen LogP contribution >= 0.6 is 28.6 Å². The highest BCUT2D eigenvalue weighted by Crippen LogP contribution is 2.13. The summed E-state index contributed by atoms with van der Waals surface area (Å²) in [6, 6.07) is 3.36. The lowest BCUT2D eigenvalue weighted by atomic mass is 10.5. The van der Waals surface area contributed by atoms with Crippen LogP contribution in [0.5, 0.6) is 0 Å². The maximum atomic E-state index is 5.50. The first-order valence-electron chi connectivity index (χ1n) is 2.98.